The summed E-state index contributed by atoms with van der Waals surface area (Å²) in [7, 11) is 2.16. The van der Waals surface area contributed by atoms with Crippen LogP contribution in [0, 0.1) is 0 Å². The number of rotatable bonds is 7. The lowest BCUT2D eigenvalue weighted by Gasteiger charge is -2.62. The zero-order valence-corrected chi connectivity index (χ0v) is 29.7. The third-order valence-corrected chi connectivity index (χ3v) is 13.0. The van der Waals surface area contributed by atoms with E-state index in [9.17, 15) is 19.5 Å². The lowest BCUT2D eigenvalue weighted by molar-refractivity contribution is -0.956. The topological polar surface area (TPSA) is 99.3 Å². The van der Waals surface area contributed by atoms with Crippen LogP contribution in [0.4, 0.5) is 15.3 Å². The first-order valence-electron chi connectivity index (χ1n) is 16.5. The molecule has 3 fully saturated rings. The Morgan fingerprint density at radius 1 is 1.00 bits per heavy atom. The van der Waals surface area contributed by atoms with Crippen molar-refractivity contribution >= 4 is 56.0 Å². The third kappa shape index (κ3) is 6.41. The largest absolute Gasteiger partial charge is 0.498 e. The number of likely N-dealkylation sites (tertiary alicyclic amines) is 2. The number of nitrogens with one attached hydrogen (secondary N) is 1. The second-order valence-corrected chi connectivity index (χ2v) is 15.2. The molecule has 2 aromatic carbocycles. The lowest BCUT2D eigenvalue weighted by atomic mass is 9.81. The molecule has 4 aliphatic rings. The van der Waals surface area contributed by atoms with Crippen LogP contribution in [0.5, 0.6) is 0 Å². The normalized spacial score (nSPS) is 28.7. The maximum atomic E-state index is 13.7. The second-order valence-electron chi connectivity index (χ2n) is 13.5. The fourth-order valence-electron chi connectivity index (χ4n) is 8.49. The molecule has 3 amide bonds. The van der Waals surface area contributed by atoms with E-state index in [1.165, 1.54) is 0 Å². The van der Waals surface area contributed by atoms with Crippen molar-refractivity contribution in [1.29, 1.82) is 0 Å². The predicted molar refractivity (Wildman–Crippen MR) is 182 cm³/mol. The molecule has 1 N–H and O–H groups in total. The summed E-state index contributed by atoms with van der Waals surface area (Å²) in [4.78, 5) is 49.2. The second kappa shape index (κ2) is 14.0. The van der Waals surface area contributed by atoms with Crippen molar-refractivity contribution in [3.63, 3.8) is 0 Å². The Morgan fingerprint density at radius 3 is 2.43 bits per heavy atom. The highest BCUT2D eigenvalue weighted by atomic mass is 79.9. The number of piperazine rings is 1. The van der Waals surface area contributed by atoms with Gasteiger partial charge < -0.3 is 29.8 Å². The Bertz CT molecular complexity index is 1450. The van der Waals surface area contributed by atoms with Crippen LogP contribution in [-0.2, 0) is 17.8 Å². The van der Waals surface area contributed by atoms with Crippen molar-refractivity contribution in [2.24, 2.45) is 0 Å². The van der Waals surface area contributed by atoms with Crippen molar-refractivity contribution in [3.05, 3.63) is 62.5 Å². The SMILES string of the molecule is CN1CCN(C2CCN(C3(CC=O)CC(N4CCc5ccccc5NC4=O)CC[N@+]3(Cc3ccc(Br)c(Br)c3)C(=O)[O-])CC2)CC1. The predicted octanol–water partition coefficient (Wildman–Crippen LogP) is 4.12. The minimum absolute atomic E-state index is 0.0457. The number of piperidine rings is 2. The average Bonchev–Trinajstić information content (AvgIpc) is 3.22. The first kappa shape index (κ1) is 33.5. The number of para-hydroxylation sites is 1. The van der Waals surface area contributed by atoms with Crippen LogP contribution in [0.2, 0.25) is 0 Å². The summed E-state index contributed by atoms with van der Waals surface area (Å²) >= 11 is 7.13. The Labute approximate surface area is 288 Å². The number of fused-ring (bicyclic) bond motifs is 1. The number of anilines is 1. The van der Waals surface area contributed by atoms with Gasteiger partial charge in [0.15, 0.2) is 5.66 Å². The van der Waals surface area contributed by atoms with Gasteiger partial charge in [0, 0.05) is 90.9 Å². The van der Waals surface area contributed by atoms with Crippen LogP contribution >= 0.6 is 31.9 Å². The highest BCUT2D eigenvalue weighted by Gasteiger charge is 2.61. The average molecular weight is 761 g/mol. The number of carbonyl (C=O) groups is 3. The van der Waals surface area contributed by atoms with Crippen LogP contribution in [0.1, 0.15) is 43.2 Å². The molecule has 10 nitrogen and oxygen atoms in total. The summed E-state index contributed by atoms with van der Waals surface area (Å²) in [5.41, 5.74) is 1.68. The third-order valence-electron chi connectivity index (χ3n) is 11.1. The maximum absolute atomic E-state index is 13.7. The van der Waals surface area contributed by atoms with Crippen LogP contribution in [0.3, 0.4) is 0 Å². The number of aldehydes is 1. The smallest absolute Gasteiger partial charge is 0.322 e. The number of urea groups is 1. The molecule has 3 saturated heterocycles. The van der Waals surface area contributed by atoms with Gasteiger partial charge in [-0.15, -0.1) is 0 Å². The molecule has 0 bridgehead atoms. The lowest BCUT2D eigenvalue weighted by Crippen LogP contribution is -2.80. The Kier molecular flexibility index (Phi) is 10.2. The summed E-state index contributed by atoms with van der Waals surface area (Å²) in [6.45, 7) is 6.51. The van der Waals surface area contributed by atoms with Gasteiger partial charge in [-0.3, -0.25) is 14.3 Å². The summed E-state index contributed by atoms with van der Waals surface area (Å²) in [6, 6.07) is 13.7. The van der Waals surface area contributed by atoms with Crippen LogP contribution in [0.15, 0.2) is 51.4 Å². The van der Waals surface area contributed by atoms with Gasteiger partial charge in [0.2, 0.25) is 0 Å². The van der Waals surface area contributed by atoms with E-state index in [0.29, 0.717) is 44.9 Å². The van der Waals surface area contributed by atoms with E-state index in [0.717, 1.165) is 71.1 Å². The van der Waals surface area contributed by atoms with E-state index in [4.69, 9.17) is 0 Å². The molecule has 2 aromatic rings. The van der Waals surface area contributed by atoms with Gasteiger partial charge in [0.05, 0.1) is 13.0 Å². The molecule has 0 aliphatic carbocycles. The minimum Gasteiger partial charge on any atom is -0.498 e. The molecular weight excluding hydrogens is 716 g/mol. The molecule has 3 atom stereocenters. The molecule has 2 unspecified atom stereocenters. The molecule has 6 rings (SSSR count). The van der Waals surface area contributed by atoms with E-state index in [1.807, 2.05) is 47.4 Å². The number of quaternary nitrogens is 1. The van der Waals surface area contributed by atoms with Gasteiger partial charge >= 0.3 is 6.03 Å². The summed E-state index contributed by atoms with van der Waals surface area (Å²) < 4.78 is 1.35. The Balaban J connectivity index is 1.35. The molecule has 12 heteroatoms. The van der Waals surface area contributed by atoms with Gasteiger partial charge in [-0.2, -0.15) is 0 Å². The highest BCUT2D eigenvalue weighted by molar-refractivity contribution is 9.13. The van der Waals surface area contributed by atoms with E-state index in [1.54, 1.807) is 0 Å². The molecule has 0 spiro atoms. The molecule has 4 aliphatic heterocycles. The maximum Gasteiger partial charge on any atom is 0.322 e. The summed E-state index contributed by atoms with van der Waals surface area (Å²) in [5, 5.41) is 16.8. The molecule has 0 aromatic heterocycles. The number of hydrogen-bond donors (Lipinski definition) is 1. The number of hydrogen-bond acceptors (Lipinski definition) is 7. The molecular formula is C34H44Br2N6O4. The van der Waals surface area contributed by atoms with E-state index >= 15 is 0 Å². The number of likely N-dealkylation sites (N-methyl/N-ethyl adjacent to an activating group) is 1. The van der Waals surface area contributed by atoms with E-state index in [-0.39, 0.29) is 36.1 Å². The molecule has 46 heavy (non-hydrogen) atoms. The van der Waals surface area contributed by atoms with Crippen molar-refractivity contribution in [2.45, 2.75) is 62.8 Å². The summed E-state index contributed by atoms with van der Waals surface area (Å²) in [5.74, 6) is 0. The van der Waals surface area contributed by atoms with Gasteiger partial charge in [0.25, 0.3) is 6.09 Å². The van der Waals surface area contributed by atoms with Crippen LogP contribution < -0.4 is 10.4 Å². The van der Waals surface area contributed by atoms with Crippen LogP contribution in [0.25, 0.3) is 0 Å². The van der Waals surface area contributed by atoms with Crippen molar-refractivity contribution in [1.82, 2.24) is 19.6 Å². The number of halogens is 2. The number of benzene rings is 2. The Morgan fingerprint density at radius 2 is 1.74 bits per heavy atom. The first-order valence-corrected chi connectivity index (χ1v) is 18.0. The zero-order valence-electron chi connectivity index (χ0n) is 26.5. The Hall–Kier alpha value is -2.35. The van der Waals surface area contributed by atoms with Gasteiger partial charge in [0.1, 0.15) is 12.8 Å². The summed E-state index contributed by atoms with van der Waals surface area (Å²) in [6.07, 6.45) is 3.15. The van der Waals surface area contributed by atoms with Crippen molar-refractivity contribution in [2.75, 3.05) is 64.7 Å². The standard InChI is InChI=1S/C34H44Br2N6O4/c1-38-16-18-39(19-17-38)27-9-13-40(14-10-27)34(12-21-43)23-28(41-15-8-26-4-2-3-5-31(26)37-32(41)44)11-20-42(34,33(45)46)24-25-6-7-29(35)30(36)22-25/h2-7,21-22,27-28H,8-20,23-24H2,1H3,(H-,37,44,45,46)/t28?,34?,42-/m0/s1. The minimum atomic E-state index is -1.17. The van der Waals surface area contributed by atoms with E-state index < -0.39 is 11.8 Å². The highest BCUT2D eigenvalue weighted by Crippen LogP contribution is 2.46. The number of carboxylic acid groups (broad SMARTS) is 1. The molecule has 0 saturated carbocycles. The fraction of sp³-hybridized carbons (Fsp3) is 0.559. The molecule has 4 heterocycles. The van der Waals surface area contributed by atoms with Gasteiger partial charge in [-0.25, -0.2) is 4.79 Å². The zero-order chi connectivity index (χ0) is 32.5. The first-order chi connectivity index (χ1) is 22.2. The quantitative estimate of drug-likeness (QED) is 0.335. The van der Waals surface area contributed by atoms with Gasteiger partial charge in [-0.1, -0.05) is 24.3 Å². The number of nitrogens with zero attached hydrogens (tertiary/aromatic N) is 5. The van der Waals surface area contributed by atoms with Crippen LogP contribution in [-0.4, -0.2) is 120 Å². The molecule has 0 radical (unpaired) electrons. The monoisotopic (exact) mass is 758 g/mol. The molecule has 248 valence electrons. The van der Waals surface area contributed by atoms with E-state index in [2.05, 4.69) is 58.9 Å². The van der Waals surface area contributed by atoms with Crippen molar-refractivity contribution in [3.8, 4) is 0 Å². The van der Waals surface area contributed by atoms with Gasteiger partial charge in [-0.05, 0) is 81.9 Å². The number of carbonyl (C=O) groups excluding carboxylic acids is 3. The van der Waals surface area contributed by atoms with Crippen molar-refractivity contribution < 1.29 is 24.0 Å². The fourth-order valence-corrected chi connectivity index (χ4v) is 9.17. The number of amides is 3.